The molecular formula is C20H21N3O6S. The Morgan fingerprint density at radius 3 is 2.47 bits per heavy atom. The van der Waals surface area contributed by atoms with E-state index in [-0.39, 0.29) is 22.2 Å². The minimum absolute atomic E-state index is 0.115. The summed E-state index contributed by atoms with van der Waals surface area (Å²) < 4.78 is 42.0. The second kappa shape index (κ2) is 9.78. The Morgan fingerprint density at radius 1 is 1.17 bits per heavy atom. The van der Waals surface area contributed by atoms with Crippen molar-refractivity contribution < 1.29 is 27.2 Å². The van der Waals surface area contributed by atoms with Crippen LogP contribution in [0.5, 0.6) is 11.5 Å². The number of hydrogen-bond acceptors (Lipinski definition) is 7. The smallest absolute Gasteiger partial charge is 0.294 e. The van der Waals surface area contributed by atoms with Crippen molar-refractivity contribution in [2.75, 3.05) is 19.5 Å². The molecule has 0 aliphatic heterocycles. The zero-order valence-electron chi connectivity index (χ0n) is 16.5. The predicted octanol–water partition coefficient (Wildman–Crippen LogP) is 2.65. The Kier molecular flexibility index (Phi) is 7.41. The highest BCUT2D eigenvalue weighted by atomic mass is 32.2. The van der Waals surface area contributed by atoms with Crippen LogP contribution in [0.2, 0.25) is 0 Å². The third kappa shape index (κ3) is 5.73. The molecule has 0 heterocycles. The summed E-state index contributed by atoms with van der Waals surface area (Å²) in [4.78, 5) is 12.0. The second-order valence-electron chi connectivity index (χ2n) is 6.13. The minimum atomic E-state index is -4.41. The molecule has 3 N–H and O–H groups in total. The van der Waals surface area contributed by atoms with Gasteiger partial charge in [0.25, 0.3) is 16.0 Å². The van der Waals surface area contributed by atoms with Crippen LogP contribution in [0.3, 0.4) is 0 Å². The summed E-state index contributed by atoms with van der Waals surface area (Å²) in [7, 11) is -1.36. The van der Waals surface area contributed by atoms with Crippen LogP contribution in [0.4, 0.5) is 5.69 Å². The lowest BCUT2D eigenvalue weighted by Crippen LogP contribution is -2.18. The fourth-order valence-corrected chi connectivity index (χ4v) is 3.03. The number of nitriles is 1. The highest BCUT2D eigenvalue weighted by Crippen LogP contribution is 2.29. The first-order valence-electron chi connectivity index (χ1n) is 8.66. The number of nitrogens with one attached hydrogen (secondary N) is 2. The van der Waals surface area contributed by atoms with E-state index in [9.17, 15) is 18.5 Å². The van der Waals surface area contributed by atoms with Crippen molar-refractivity contribution in [2.24, 2.45) is 0 Å². The maximum Gasteiger partial charge on any atom is 0.294 e. The summed E-state index contributed by atoms with van der Waals surface area (Å²) in [6, 6.07) is 11.9. The van der Waals surface area contributed by atoms with E-state index in [4.69, 9.17) is 14.0 Å². The highest BCUT2D eigenvalue weighted by molar-refractivity contribution is 7.85. The molecule has 10 heteroatoms. The summed E-state index contributed by atoms with van der Waals surface area (Å²) in [5, 5.41) is 14.7. The molecule has 0 aromatic heterocycles. The lowest BCUT2D eigenvalue weighted by atomic mass is 10.1. The van der Waals surface area contributed by atoms with Crippen molar-refractivity contribution in [3.05, 3.63) is 59.8 Å². The van der Waals surface area contributed by atoms with Gasteiger partial charge in [0.05, 0.1) is 19.1 Å². The maximum atomic E-state index is 12.3. The van der Waals surface area contributed by atoms with Crippen molar-refractivity contribution in [1.82, 2.24) is 5.32 Å². The molecule has 0 spiro atoms. The fraction of sp³-hybridized carbons (Fsp3) is 0.200. The molecule has 0 aliphatic carbocycles. The number of benzene rings is 2. The van der Waals surface area contributed by atoms with Gasteiger partial charge in [0.2, 0.25) is 0 Å². The lowest BCUT2D eigenvalue weighted by molar-refractivity contribution is -0.112. The number of hydrogen-bond donors (Lipinski definition) is 3. The highest BCUT2D eigenvalue weighted by Gasteiger charge is 2.14. The van der Waals surface area contributed by atoms with Gasteiger partial charge in [-0.2, -0.15) is 13.7 Å². The normalized spacial score (nSPS) is 12.4. The molecule has 1 amide bonds. The number of methoxy groups -OCH3 is 2. The molecule has 0 bridgehead atoms. The molecule has 0 fully saturated rings. The average Bonchev–Trinajstić information content (AvgIpc) is 2.73. The van der Waals surface area contributed by atoms with E-state index in [1.54, 1.807) is 18.2 Å². The first-order valence-corrected chi connectivity index (χ1v) is 10.1. The molecule has 9 nitrogen and oxygen atoms in total. The van der Waals surface area contributed by atoms with Crippen LogP contribution in [0, 0.1) is 11.3 Å². The number of anilines is 1. The molecule has 1 atom stereocenters. The maximum absolute atomic E-state index is 12.3. The van der Waals surface area contributed by atoms with Gasteiger partial charge in [-0.15, -0.1) is 0 Å². The molecular weight excluding hydrogens is 410 g/mol. The van der Waals surface area contributed by atoms with Crippen LogP contribution in [0.25, 0.3) is 0 Å². The molecule has 0 aliphatic rings. The largest absolute Gasteiger partial charge is 0.493 e. The molecule has 0 radical (unpaired) electrons. The summed E-state index contributed by atoms with van der Waals surface area (Å²) >= 11 is 0. The molecule has 2 aromatic carbocycles. The van der Waals surface area contributed by atoms with E-state index in [2.05, 4.69) is 10.6 Å². The van der Waals surface area contributed by atoms with Crippen molar-refractivity contribution in [1.29, 1.82) is 5.26 Å². The second-order valence-corrected chi connectivity index (χ2v) is 7.55. The van der Waals surface area contributed by atoms with Gasteiger partial charge in [-0.05, 0) is 42.8 Å². The molecule has 2 aromatic rings. The molecule has 30 heavy (non-hydrogen) atoms. The first-order chi connectivity index (χ1) is 14.2. The Hall–Kier alpha value is -3.55. The number of carbonyl (C=O) groups is 1. The fourth-order valence-electron chi connectivity index (χ4n) is 2.51. The van der Waals surface area contributed by atoms with Gasteiger partial charge < -0.3 is 20.1 Å². The SMILES string of the molecule is COc1ccc(C(C)N/C=C(/C#N)C(=O)Nc2cccc(S(=O)(=O)O)c2)cc1OC. The van der Waals surface area contributed by atoms with Crippen molar-refractivity contribution in [2.45, 2.75) is 17.9 Å². The van der Waals surface area contributed by atoms with Gasteiger partial charge in [0.15, 0.2) is 11.5 Å². The van der Waals surface area contributed by atoms with Crippen LogP contribution < -0.4 is 20.1 Å². The van der Waals surface area contributed by atoms with Crippen molar-refractivity contribution in [3.63, 3.8) is 0 Å². The number of carbonyl (C=O) groups excluding carboxylic acids is 1. The van der Waals surface area contributed by atoms with Crippen molar-refractivity contribution >= 4 is 21.7 Å². The van der Waals surface area contributed by atoms with Gasteiger partial charge in [0, 0.05) is 17.9 Å². The van der Waals surface area contributed by atoms with Gasteiger partial charge in [-0.1, -0.05) is 12.1 Å². The summed E-state index contributed by atoms with van der Waals surface area (Å²) in [6.45, 7) is 1.83. The standard InChI is InChI=1S/C20H21N3O6S/c1-13(14-7-8-18(28-2)19(9-14)29-3)22-12-15(11-21)20(24)23-16-5-4-6-17(10-16)30(25,26)27/h4-10,12-13,22H,1-3H3,(H,23,24)(H,25,26,27)/b15-12-. The van der Waals surface area contributed by atoms with Gasteiger partial charge >= 0.3 is 0 Å². The minimum Gasteiger partial charge on any atom is -0.493 e. The topological polar surface area (TPSA) is 138 Å². The number of ether oxygens (including phenoxy) is 2. The molecule has 0 saturated carbocycles. The summed E-state index contributed by atoms with van der Waals surface area (Å²) in [5.41, 5.74) is 0.728. The number of amides is 1. The van der Waals surface area contributed by atoms with Crippen LogP contribution in [-0.4, -0.2) is 33.1 Å². The monoisotopic (exact) mass is 431 g/mol. The van der Waals surface area contributed by atoms with E-state index in [0.29, 0.717) is 11.5 Å². The molecule has 1 unspecified atom stereocenters. The summed E-state index contributed by atoms with van der Waals surface area (Å²) in [6.07, 6.45) is 1.27. The Balaban J connectivity index is 2.14. The van der Waals surface area contributed by atoms with Crippen LogP contribution in [0.15, 0.2) is 59.1 Å². The van der Waals surface area contributed by atoms with Crippen LogP contribution >= 0.6 is 0 Å². The Labute approximate surface area is 174 Å². The van der Waals surface area contributed by atoms with E-state index < -0.39 is 16.0 Å². The van der Waals surface area contributed by atoms with Crippen LogP contribution in [0.1, 0.15) is 18.5 Å². The predicted molar refractivity (Wildman–Crippen MR) is 110 cm³/mol. The van der Waals surface area contributed by atoms with Gasteiger partial charge in [-0.3, -0.25) is 9.35 Å². The van der Waals surface area contributed by atoms with E-state index in [1.807, 2.05) is 13.0 Å². The van der Waals surface area contributed by atoms with Gasteiger partial charge in [0.1, 0.15) is 11.6 Å². The quantitative estimate of drug-likeness (QED) is 0.329. The zero-order valence-corrected chi connectivity index (χ0v) is 17.4. The lowest BCUT2D eigenvalue weighted by Gasteiger charge is -2.15. The third-order valence-corrected chi connectivity index (χ3v) is 4.99. The van der Waals surface area contributed by atoms with Crippen LogP contribution in [-0.2, 0) is 14.9 Å². The molecule has 2 rings (SSSR count). The average molecular weight is 431 g/mol. The Morgan fingerprint density at radius 2 is 1.87 bits per heavy atom. The van der Waals surface area contributed by atoms with E-state index in [0.717, 1.165) is 11.6 Å². The zero-order chi connectivity index (χ0) is 22.3. The molecule has 0 saturated heterocycles. The first kappa shape index (κ1) is 22.7. The van der Waals surface area contributed by atoms with Crippen molar-refractivity contribution in [3.8, 4) is 17.6 Å². The summed E-state index contributed by atoms with van der Waals surface area (Å²) in [5.74, 6) is 0.384. The number of rotatable bonds is 8. The third-order valence-electron chi connectivity index (χ3n) is 4.14. The number of nitrogens with zero attached hydrogens (tertiary/aromatic N) is 1. The Bertz CT molecular complexity index is 1110. The van der Waals surface area contributed by atoms with E-state index >= 15 is 0 Å². The van der Waals surface area contributed by atoms with E-state index in [1.165, 1.54) is 38.6 Å². The molecule has 158 valence electrons. The van der Waals surface area contributed by atoms with Gasteiger partial charge in [-0.25, -0.2) is 0 Å².